The number of rotatable bonds is 2. The van der Waals surface area contributed by atoms with Crippen molar-refractivity contribution >= 4 is 5.65 Å². The Labute approximate surface area is 121 Å². The van der Waals surface area contributed by atoms with E-state index in [4.69, 9.17) is 0 Å². The number of aromatic nitrogens is 3. The minimum atomic E-state index is -0.0640. The summed E-state index contributed by atoms with van der Waals surface area (Å²) in [6, 6.07) is 13.7. The lowest BCUT2D eigenvalue weighted by Gasteiger charge is -2.08. The van der Waals surface area contributed by atoms with Crippen LogP contribution in [0.4, 0.5) is 0 Å². The highest BCUT2D eigenvalue weighted by molar-refractivity contribution is 5.63. The summed E-state index contributed by atoms with van der Waals surface area (Å²) in [6.07, 6.45) is 2.17. The molecular formula is C16H16N4O. The van der Waals surface area contributed by atoms with Gasteiger partial charge in [0.1, 0.15) is 0 Å². The molecule has 5 nitrogen and oxygen atoms in total. The third-order valence-electron chi connectivity index (χ3n) is 3.97. The van der Waals surface area contributed by atoms with Crippen molar-refractivity contribution in [1.29, 1.82) is 0 Å². The maximum atomic E-state index is 12.3. The van der Waals surface area contributed by atoms with Crippen LogP contribution in [0.15, 0.2) is 47.3 Å². The lowest BCUT2D eigenvalue weighted by molar-refractivity contribution is 0.625. The summed E-state index contributed by atoms with van der Waals surface area (Å²) in [5, 5.41) is 6.50. The number of H-pyrrole nitrogens is 1. The minimum Gasteiger partial charge on any atom is -0.309 e. The zero-order valence-corrected chi connectivity index (χ0v) is 11.5. The second kappa shape index (κ2) is 4.86. The molecule has 1 aliphatic heterocycles. The van der Waals surface area contributed by atoms with E-state index in [1.54, 1.807) is 6.07 Å². The number of hydrogen-bond acceptors (Lipinski definition) is 3. The first kappa shape index (κ1) is 12.3. The summed E-state index contributed by atoms with van der Waals surface area (Å²) >= 11 is 0. The first-order valence-corrected chi connectivity index (χ1v) is 7.23. The van der Waals surface area contributed by atoms with E-state index in [1.807, 2.05) is 36.4 Å². The highest BCUT2D eigenvalue weighted by Gasteiger charge is 2.19. The summed E-state index contributed by atoms with van der Waals surface area (Å²) in [5.41, 5.74) is 3.40. The smallest absolute Gasteiger partial charge is 0.272 e. The van der Waals surface area contributed by atoms with Crippen molar-refractivity contribution in [2.75, 3.05) is 6.54 Å². The highest BCUT2D eigenvalue weighted by Crippen LogP contribution is 2.22. The van der Waals surface area contributed by atoms with Gasteiger partial charge in [-0.25, -0.2) is 9.50 Å². The van der Waals surface area contributed by atoms with Crippen LogP contribution in [0, 0.1) is 0 Å². The first-order chi connectivity index (χ1) is 10.3. The summed E-state index contributed by atoms with van der Waals surface area (Å²) < 4.78 is 1.50. The Morgan fingerprint density at radius 2 is 2.05 bits per heavy atom. The number of aromatic amines is 1. The van der Waals surface area contributed by atoms with Crippen LogP contribution < -0.4 is 10.9 Å². The maximum absolute atomic E-state index is 12.3. The zero-order chi connectivity index (χ0) is 14.2. The molecule has 1 saturated heterocycles. The quantitative estimate of drug-likeness (QED) is 0.756. The summed E-state index contributed by atoms with van der Waals surface area (Å²) in [5.74, 6) is 0. The Morgan fingerprint density at radius 1 is 1.19 bits per heavy atom. The molecule has 3 heterocycles. The molecule has 2 N–H and O–H groups in total. The van der Waals surface area contributed by atoms with Gasteiger partial charge in [0.2, 0.25) is 0 Å². The average Bonchev–Trinajstić information content (AvgIpc) is 3.17. The molecule has 0 aliphatic carbocycles. The predicted molar refractivity (Wildman–Crippen MR) is 81.2 cm³/mol. The van der Waals surface area contributed by atoms with Gasteiger partial charge in [-0.3, -0.25) is 9.89 Å². The molecule has 4 rings (SSSR count). The van der Waals surface area contributed by atoms with Gasteiger partial charge < -0.3 is 5.32 Å². The maximum Gasteiger partial charge on any atom is 0.272 e. The van der Waals surface area contributed by atoms with Gasteiger partial charge in [0.25, 0.3) is 5.56 Å². The van der Waals surface area contributed by atoms with Crippen LogP contribution in [0.3, 0.4) is 0 Å². The second-order valence-corrected chi connectivity index (χ2v) is 5.40. The molecule has 21 heavy (non-hydrogen) atoms. The van der Waals surface area contributed by atoms with Crippen LogP contribution >= 0.6 is 0 Å². The van der Waals surface area contributed by atoms with Crippen LogP contribution in [0.1, 0.15) is 24.6 Å². The fourth-order valence-corrected chi connectivity index (χ4v) is 2.89. The SMILES string of the molecule is O=c1cc(C2CCCN2)nc2cc(-c3ccccc3)[nH]n12. The van der Waals surface area contributed by atoms with Crippen molar-refractivity contribution in [2.45, 2.75) is 18.9 Å². The fourth-order valence-electron chi connectivity index (χ4n) is 2.89. The molecule has 0 radical (unpaired) electrons. The minimum absolute atomic E-state index is 0.0640. The zero-order valence-electron chi connectivity index (χ0n) is 11.5. The molecule has 1 aromatic carbocycles. The summed E-state index contributed by atoms with van der Waals surface area (Å²) in [4.78, 5) is 16.9. The Bertz CT molecular complexity index is 828. The van der Waals surface area contributed by atoms with E-state index in [9.17, 15) is 4.79 Å². The van der Waals surface area contributed by atoms with E-state index in [0.29, 0.717) is 5.65 Å². The van der Waals surface area contributed by atoms with Gasteiger partial charge in [0, 0.05) is 18.2 Å². The molecule has 5 heteroatoms. The highest BCUT2D eigenvalue weighted by atomic mass is 16.1. The second-order valence-electron chi connectivity index (χ2n) is 5.40. The van der Waals surface area contributed by atoms with Crippen LogP contribution in [-0.4, -0.2) is 21.1 Å². The Kier molecular flexibility index (Phi) is 2.86. The molecule has 0 saturated carbocycles. The molecule has 0 spiro atoms. The van der Waals surface area contributed by atoms with Crippen molar-refractivity contribution in [1.82, 2.24) is 19.9 Å². The van der Waals surface area contributed by atoms with Crippen molar-refractivity contribution in [3.8, 4) is 11.3 Å². The first-order valence-electron chi connectivity index (χ1n) is 7.23. The van der Waals surface area contributed by atoms with Gasteiger partial charge in [-0.15, -0.1) is 0 Å². The van der Waals surface area contributed by atoms with Gasteiger partial charge >= 0.3 is 0 Å². The monoisotopic (exact) mass is 280 g/mol. The summed E-state index contributed by atoms with van der Waals surface area (Å²) in [7, 11) is 0. The average molecular weight is 280 g/mol. The van der Waals surface area contributed by atoms with Crippen molar-refractivity contribution in [3.63, 3.8) is 0 Å². The largest absolute Gasteiger partial charge is 0.309 e. The van der Waals surface area contributed by atoms with Crippen molar-refractivity contribution in [3.05, 3.63) is 58.5 Å². The molecule has 106 valence electrons. The molecule has 1 atom stereocenters. The number of benzene rings is 1. The van der Waals surface area contributed by atoms with E-state index in [-0.39, 0.29) is 11.6 Å². The Hall–Kier alpha value is -2.40. The molecule has 3 aromatic rings. The van der Waals surface area contributed by atoms with Crippen molar-refractivity contribution < 1.29 is 0 Å². The number of fused-ring (bicyclic) bond motifs is 1. The lowest BCUT2D eigenvalue weighted by atomic mass is 10.1. The van der Waals surface area contributed by atoms with Gasteiger partial charge in [-0.2, -0.15) is 0 Å². The third-order valence-corrected chi connectivity index (χ3v) is 3.97. The number of nitrogens with zero attached hydrogens (tertiary/aromatic N) is 2. The standard InChI is InChI=1S/C16H16N4O/c21-16-10-14(12-7-4-8-17-12)18-15-9-13(19-20(15)16)11-5-2-1-3-6-11/h1-3,5-6,9-10,12,17,19H,4,7-8H2. The molecule has 1 unspecified atom stereocenters. The molecule has 1 aliphatic rings. The van der Waals surface area contributed by atoms with E-state index >= 15 is 0 Å². The third kappa shape index (κ3) is 2.15. The molecular weight excluding hydrogens is 264 g/mol. The predicted octanol–water partition coefficient (Wildman–Crippen LogP) is 2.11. The van der Waals surface area contributed by atoms with Crippen molar-refractivity contribution in [2.24, 2.45) is 0 Å². The lowest BCUT2D eigenvalue weighted by Crippen LogP contribution is -2.20. The van der Waals surface area contributed by atoms with Crippen LogP contribution in [-0.2, 0) is 0 Å². The normalized spacial score (nSPS) is 18.4. The summed E-state index contributed by atoms with van der Waals surface area (Å²) in [6.45, 7) is 0.994. The van der Waals surface area contributed by atoms with Crippen LogP contribution in [0.25, 0.3) is 16.9 Å². The molecule has 0 amide bonds. The van der Waals surface area contributed by atoms with Crippen LogP contribution in [0.2, 0.25) is 0 Å². The molecule has 0 bridgehead atoms. The van der Waals surface area contributed by atoms with E-state index in [2.05, 4.69) is 15.4 Å². The van der Waals surface area contributed by atoms with E-state index < -0.39 is 0 Å². The topological polar surface area (TPSA) is 62.2 Å². The van der Waals surface area contributed by atoms with Crippen LogP contribution in [0.5, 0.6) is 0 Å². The van der Waals surface area contributed by atoms with Gasteiger partial charge in [0.05, 0.1) is 11.4 Å². The molecule has 1 fully saturated rings. The molecule has 2 aromatic heterocycles. The van der Waals surface area contributed by atoms with Gasteiger partial charge in [-0.1, -0.05) is 30.3 Å². The number of hydrogen-bond donors (Lipinski definition) is 2. The Balaban J connectivity index is 1.84. The van der Waals surface area contributed by atoms with E-state index in [0.717, 1.165) is 36.3 Å². The van der Waals surface area contributed by atoms with Gasteiger partial charge in [-0.05, 0) is 24.9 Å². The fraction of sp³-hybridized carbons (Fsp3) is 0.250. The van der Waals surface area contributed by atoms with Gasteiger partial charge in [0.15, 0.2) is 5.65 Å². The van der Waals surface area contributed by atoms with E-state index in [1.165, 1.54) is 4.52 Å². The number of nitrogens with one attached hydrogen (secondary N) is 2. The Morgan fingerprint density at radius 3 is 2.81 bits per heavy atom.